The van der Waals surface area contributed by atoms with Crippen molar-refractivity contribution in [1.29, 1.82) is 0 Å². The molecule has 14 heavy (non-hydrogen) atoms. The molecular formula is C11H11N3. The van der Waals surface area contributed by atoms with Crippen LogP contribution in [0.5, 0.6) is 0 Å². The third-order valence-corrected chi connectivity index (χ3v) is 1.93. The second-order valence-electron chi connectivity index (χ2n) is 2.96. The SMILES string of the molecule is CC(=Nc1ccccc1)n1ccnc1. The molecule has 3 nitrogen and oxygen atoms in total. The van der Waals surface area contributed by atoms with Crippen LogP contribution in [0.1, 0.15) is 6.92 Å². The number of para-hydroxylation sites is 1. The van der Waals surface area contributed by atoms with Crippen LogP contribution in [-0.4, -0.2) is 15.4 Å². The molecule has 0 aliphatic heterocycles. The molecule has 1 aromatic carbocycles. The Kier molecular flexibility index (Phi) is 2.40. The standard InChI is InChI=1S/C11H11N3/c1-10(14-8-7-12-9-14)13-11-5-3-2-4-6-11/h2-9H,1H3. The second-order valence-corrected chi connectivity index (χ2v) is 2.96. The molecule has 0 amide bonds. The molecule has 1 aromatic heterocycles. The Morgan fingerprint density at radius 3 is 2.71 bits per heavy atom. The maximum atomic E-state index is 4.44. The van der Waals surface area contributed by atoms with Crippen LogP contribution in [0.2, 0.25) is 0 Å². The van der Waals surface area contributed by atoms with Gasteiger partial charge in [0, 0.05) is 12.4 Å². The van der Waals surface area contributed by atoms with Gasteiger partial charge in [-0.15, -0.1) is 0 Å². The highest BCUT2D eigenvalue weighted by molar-refractivity contribution is 5.84. The van der Waals surface area contributed by atoms with Crippen molar-refractivity contribution >= 4 is 11.5 Å². The predicted molar refractivity (Wildman–Crippen MR) is 56.8 cm³/mol. The Bertz CT molecular complexity index is 415. The molecule has 0 aliphatic rings. The number of benzene rings is 1. The van der Waals surface area contributed by atoms with E-state index in [4.69, 9.17) is 0 Å². The van der Waals surface area contributed by atoms with Crippen LogP contribution in [0.25, 0.3) is 0 Å². The first kappa shape index (κ1) is 8.69. The van der Waals surface area contributed by atoms with Crippen molar-refractivity contribution in [3.63, 3.8) is 0 Å². The van der Waals surface area contributed by atoms with Crippen molar-refractivity contribution < 1.29 is 0 Å². The molecule has 0 fully saturated rings. The first-order valence-corrected chi connectivity index (χ1v) is 4.45. The van der Waals surface area contributed by atoms with E-state index in [1.807, 2.05) is 48.0 Å². The van der Waals surface area contributed by atoms with Crippen molar-refractivity contribution in [3.8, 4) is 0 Å². The quantitative estimate of drug-likeness (QED) is 0.496. The number of rotatable bonds is 1. The first-order valence-electron chi connectivity index (χ1n) is 4.45. The van der Waals surface area contributed by atoms with Crippen molar-refractivity contribution in [2.45, 2.75) is 6.92 Å². The van der Waals surface area contributed by atoms with Gasteiger partial charge in [-0.3, -0.25) is 4.57 Å². The Morgan fingerprint density at radius 1 is 1.29 bits per heavy atom. The summed E-state index contributed by atoms with van der Waals surface area (Å²) < 4.78 is 1.88. The summed E-state index contributed by atoms with van der Waals surface area (Å²) in [5.74, 6) is 0.911. The lowest BCUT2D eigenvalue weighted by Gasteiger charge is -2.00. The van der Waals surface area contributed by atoms with E-state index < -0.39 is 0 Å². The average molecular weight is 185 g/mol. The molecule has 0 saturated heterocycles. The highest BCUT2D eigenvalue weighted by atomic mass is 15.1. The minimum Gasteiger partial charge on any atom is -0.294 e. The van der Waals surface area contributed by atoms with Gasteiger partial charge in [0.1, 0.15) is 12.2 Å². The van der Waals surface area contributed by atoms with Crippen LogP contribution in [-0.2, 0) is 0 Å². The largest absolute Gasteiger partial charge is 0.294 e. The molecule has 3 heteroatoms. The topological polar surface area (TPSA) is 30.2 Å². The van der Waals surface area contributed by atoms with E-state index >= 15 is 0 Å². The highest BCUT2D eigenvalue weighted by Gasteiger charge is 1.93. The fourth-order valence-electron chi connectivity index (χ4n) is 1.20. The molecule has 1 heterocycles. The number of nitrogens with zero attached hydrogens (tertiary/aromatic N) is 3. The van der Waals surface area contributed by atoms with Gasteiger partial charge in [-0.2, -0.15) is 0 Å². The van der Waals surface area contributed by atoms with E-state index in [1.165, 1.54) is 0 Å². The van der Waals surface area contributed by atoms with Crippen LogP contribution in [0.15, 0.2) is 54.0 Å². The third kappa shape index (κ3) is 1.88. The highest BCUT2D eigenvalue weighted by Crippen LogP contribution is 2.10. The van der Waals surface area contributed by atoms with Gasteiger partial charge in [0.2, 0.25) is 0 Å². The number of imidazole rings is 1. The van der Waals surface area contributed by atoms with Gasteiger partial charge in [-0.25, -0.2) is 9.98 Å². The Morgan fingerprint density at radius 2 is 2.07 bits per heavy atom. The minimum absolute atomic E-state index is 0.911. The minimum atomic E-state index is 0.911. The third-order valence-electron chi connectivity index (χ3n) is 1.93. The average Bonchev–Trinajstić information content (AvgIpc) is 2.72. The van der Waals surface area contributed by atoms with E-state index in [-0.39, 0.29) is 0 Å². The van der Waals surface area contributed by atoms with E-state index in [2.05, 4.69) is 9.98 Å². The van der Waals surface area contributed by atoms with E-state index in [0.29, 0.717) is 0 Å². The van der Waals surface area contributed by atoms with Gasteiger partial charge in [0.15, 0.2) is 0 Å². The second kappa shape index (κ2) is 3.87. The molecular weight excluding hydrogens is 174 g/mol. The molecule has 2 rings (SSSR count). The van der Waals surface area contributed by atoms with Gasteiger partial charge in [-0.1, -0.05) is 18.2 Å². The van der Waals surface area contributed by atoms with Gasteiger partial charge < -0.3 is 0 Å². The van der Waals surface area contributed by atoms with Gasteiger partial charge in [-0.05, 0) is 19.1 Å². The van der Waals surface area contributed by atoms with E-state index in [1.54, 1.807) is 12.5 Å². The summed E-state index contributed by atoms with van der Waals surface area (Å²) in [6.07, 6.45) is 5.35. The van der Waals surface area contributed by atoms with Crippen LogP contribution in [0.3, 0.4) is 0 Å². The molecule has 0 bridgehead atoms. The Balaban J connectivity index is 2.28. The zero-order chi connectivity index (χ0) is 9.80. The van der Waals surface area contributed by atoms with Crippen molar-refractivity contribution in [2.75, 3.05) is 0 Å². The van der Waals surface area contributed by atoms with Gasteiger partial charge in [0.05, 0.1) is 5.69 Å². The molecule has 0 spiro atoms. The number of aliphatic imine (C=N–C) groups is 1. The summed E-state index contributed by atoms with van der Waals surface area (Å²) in [4.78, 5) is 8.41. The smallest absolute Gasteiger partial charge is 0.111 e. The lowest BCUT2D eigenvalue weighted by atomic mass is 10.3. The Labute approximate surface area is 82.8 Å². The number of hydrogen-bond donors (Lipinski definition) is 0. The summed E-state index contributed by atoms with van der Waals surface area (Å²) in [7, 11) is 0. The fourth-order valence-corrected chi connectivity index (χ4v) is 1.20. The summed E-state index contributed by atoms with van der Waals surface area (Å²) >= 11 is 0. The molecule has 0 aliphatic carbocycles. The molecule has 0 unspecified atom stereocenters. The number of aromatic nitrogens is 2. The predicted octanol–water partition coefficient (Wildman–Crippen LogP) is 2.48. The summed E-state index contributed by atoms with van der Waals surface area (Å²) in [5.41, 5.74) is 0.957. The lowest BCUT2D eigenvalue weighted by molar-refractivity contribution is 1.11. The van der Waals surface area contributed by atoms with Crippen molar-refractivity contribution in [1.82, 2.24) is 9.55 Å². The zero-order valence-corrected chi connectivity index (χ0v) is 7.96. The summed E-state index contributed by atoms with van der Waals surface area (Å²) in [6, 6.07) is 9.87. The van der Waals surface area contributed by atoms with Crippen LogP contribution >= 0.6 is 0 Å². The molecule has 0 atom stereocenters. The van der Waals surface area contributed by atoms with Crippen LogP contribution in [0, 0.1) is 0 Å². The van der Waals surface area contributed by atoms with Gasteiger partial charge in [0.25, 0.3) is 0 Å². The molecule has 2 aromatic rings. The normalized spacial score (nSPS) is 11.6. The lowest BCUT2D eigenvalue weighted by Crippen LogP contribution is -2.03. The van der Waals surface area contributed by atoms with E-state index in [9.17, 15) is 0 Å². The van der Waals surface area contributed by atoms with Crippen LogP contribution in [0.4, 0.5) is 5.69 Å². The Hall–Kier alpha value is -1.90. The zero-order valence-electron chi connectivity index (χ0n) is 7.96. The molecule has 0 saturated carbocycles. The fraction of sp³-hybridized carbons (Fsp3) is 0.0909. The van der Waals surface area contributed by atoms with Gasteiger partial charge >= 0.3 is 0 Å². The molecule has 0 radical (unpaired) electrons. The van der Waals surface area contributed by atoms with Crippen LogP contribution < -0.4 is 0 Å². The molecule has 70 valence electrons. The number of hydrogen-bond acceptors (Lipinski definition) is 2. The van der Waals surface area contributed by atoms with E-state index in [0.717, 1.165) is 11.5 Å². The molecule has 0 N–H and O–H groups in total. The maximum Gasteiger partial charge on any atom is 0.111 e. The van der Waals surface area contributed by atoms with Crippen molar-refractivity contribution in [3.05, 3.63) is 49.1 Å². The summed E-state index contributed by atoms with van der Waals surface area (Å²) in [6.45, 7) is 1.95. The van der Waals surface area contributed by atoms with Crippen molar-refractivity contribution in [2.24, 2.45) is 4.99 Å². The first-order chi connectivity index (χ1) is 6.86. The summed E-state index contributed by atoms with van der Waals surface area (Å²) in [5, 5.41) is 0. The monoisotopic (exact) mass is 185 g/mol. The maximum absolute atomic E-state index is 4.44.